The molecule has 0 unspecified atom stereocenters. The van der Waals surface area contributed by atoms with E-state index in [1.165, 1.54) is 12.1 Å². The number of fused-ring (bicyclic) bond motifs is 1. The Kier molecular flexibility index (Phi) is 3.34. The van der Waals surface area contributed by atoms with Crippen LogP contribution in [0.3, 0.4) is 0 Å². The number of Topliss-reactive ketones (excluding diaryl/α,β-unsaturated/α-hetero) is 1. The Morgan fingerprint density at radius 3 is 2.90 bits per heavy atom. The van der Waals surface area contributed by atoms with Gasteiger partial charge in [-0.15, -0.1) is 0 Å². The fourth-order valence-electron chi connectivity index (χ4n) is 2.78. The predicted octanol–water partition coefficient (Wildman–Crippen LogP) is 3.58. The molecule has 0 saturated carbocycles. The molecule has 3 rings (SSSR count). The highest BCUT2D eigenvalue weighted by Gasteiger charge is 2.24. The Balaban J connectivity index is 2.18. The second kappa shape index (κ2) is 5.02. The van der Waals surface area contributed by atoms with Crippen molar-refractivity contribution in [2.45, 2.75) is 26.3 Å². The number of rotatable bonds is 3. The molecular formula is C16H18FNO2. The number of ether oxygens (including phenoxy) is 1. The van der Waals surface area contributed by atoms with Gasteiger partial charge in [0.2, 0.25) is 0 Å². The third-order valence-corrected chi connectivity index (χ3v) is 3.88. The van der Waals surface area contributed by atoms with Gasteiger partial charge in [0.25, 0.3) is 0 Å². The first kappa shape index (κ1) is 13.3. The minimum Gasteiger partial charge on any atom is -0.379 e. The van der Waals surface area contributed by atoms with Crippen molar-refractivity contribution < 1.29 is 13.9 Å². The number of hydrogen-bond acceptors (Lipinski definition) is 2. The molecule has 1 aromatic carbocycles. The van der Waals surface area contributed by atoms with Crippen molar-refractivity contribution in [1.29, 1.82) is 0 Å². The van der Waals surface area contributed by atoms with Crippen LogP contribution in [0.25, 0.3) is 10.9 Å². The first-order chi connectivity index (χ1) is 9.58. The molecule has 0 bridgehead atoms. The van der Waals surface area contributed by atoms with Crippen molar-refractivity contribution >= 4 is 16.7 Å². The van der Waals surface area contributed by atoms with Crippen LogP contribution < -0.4 is 0 Å². The Labute approximate surface area is 117 Å². The average Bonchev–Trinajstić information content (AvgIpc) is 3.03. The molecule has 0 spiro atoms. The van der Waals surface area contributed by atoms with Gasteiger partial charge in [-0.1, -0.05) is 13.8 Å². The first-order valence-electron chi connectivity index (χ1n) is 7.00. The zero-order chi connectivity index (χ0) is 14.3. The maximum atomic E-state index is 13.5. The smallest absolute Gasteiger partial charge is 0.167 e. The molecule has 0 radical (unpaired) electrons. The molecule has 1 saturated heterocycles. The average molecular weight is 275 g/mol. The molecule has 4 heteroatoms. The van der Waals surface area contributed by atoms with Crippen LogP contribution in [0.4, 0.5) is 4.39 Å². The van der Waals surface area contributed by atoms with Crippen LogP contribution in [-0.2, 0) is 4.74 Å². The van der Waals surface area contributed by atoms with E-state index in [9.17, 15) is 9.18 Å². The van der Waals surface area contributed by atoms with Gasteiger partial charge in [-0.2, -0.15) is 0 Å². The van der Waals surface area contributed by atoms with E-state index in [0.29, 0.717) is 17.6 Å². The largest absolute Gasteiger partial charge is 0.379 e. The molecular weight excluding hydrogens is 257 g/mol. The number of ketones is 1. The van der Waals surface area contributed by atoms with E-state index in [4.69, 9.17) is 4.74 Å². The number of halogens is 1. The molecule has 3 nitrogen and oxygen atoms in total. The normalized spacial score (nSPS) is 19.1. The van der Waals surface area contributed by atoms with Crippen LogP contribution in [0.5, 0.6) is 0 Å². The summed E-state index contributed by atoms with van der Waals surface area (Å²) >= 11 is 0. The van der Waals surface area contributed by atoms with Gasteiger partial charge >= 0.3 is 0 Å². The molecule has 0 N–H and O–H groups in total. The van der Waals surface area contributed by atoms with Gasteiger partial charge in [-0.05, 0) is 24.6 Å². The zero-order valence-corrected chi connectivity index (χ0v) is 11.7. The van der Waals surface area contributed by atoms with Crippen LogP contribution in [0.15, 0.2) is 24.4 Å². The molecule has 1 aliphatic rings. The Hall–Kier alpha value is -1.68. The Bertz CT molecular complexity index is 654. The summed E-state index contributed by atoms with van der Waals surface area (Å²) in [5.74, 6) is -0.355. The SMILES string of the molecule is CC(C)C(=O)c1cn([C@@H]2CCOC2)c2ccc(F)cc12. The fourth-order valence-corrected chi connectivity index (χ4v) is 2.78. The lowest BCUT2D eigenvalue weighted by Crippen LogP contribution is -2.09. The molecule has 1 aromatic heterocycles. The summed E-state index contributed by atoms with van der Waals surface area (Å²) < 4.78 is 21.0. The van der Waals surface area contributed by atoms with E-state index in [1.807, 2.05) is 20.0 Å². The van der Waals surface area contributed by atoms with Gasteiger partial charge in [0.05, 0.1) is 12.6 Å². The second-order valence-corrected chi connectivity index (χ2v) is 5.65. The molecule has 1 atom stereocenters. The minimum atomic E-state index is -0.310. The van der Waals surface area contributed by atoms with Crippen molar-refractivity contribution in [3.8, 4) is 0 Å². The molecule has 0 aliphatic carbocycles. The first-order valence-corrected chi connectivity index (χ1v) is 7.00. The summed E-state index contributed by atoms with van der Waals surface area (Å²) in [6.07, 6.45) is 2.79. The van der Waals surface area contributed by atoms with Crippen LogP contribution in [0.2, 0.25) is 0 Å². The quantitative estimate of drug-likeness (QED) is 0.802. The molecule has 1 aliphatic heterocycles. The van der Waals surface area contributed by atoms with Gasteiger partial charge in [0.15, 0.2) is 5.78 Å². The standard InChI is InChI=1S/C16H18FNO2/c1-10(2)16(19)14-8-18(12-5-6-20-9-12)15-4-3-11(17)7-13(14)15/h3-4,7-8,10,12H,5-6,9H2,1-2H3/t12-/m1/s1. The Morgan fingerprint density at radius 2 is 2.25 bits per heavy atom. The van der Waals surface area contributed by atoms with E-state index in [1.54, 1.807) is 6.07 Å². The topological polar surface area (TPSA) is 31.2 Å². The monoisotopic (exact) mass is 275 g/mol. The molecule has 2 heterocycles. The number of nitrogens with zero attached hydrogens (tertiary/aromatic N) is 1. The highest BCUT2D eigenvalue weighted by molar-refractivity contribution is 6.08. The van der Waals surface area contributed by atoms with Crippen molar-refractivity contribution in [2.24, 2.45) is 5.92 Å². The number of carbonyl (C=O) groups is 1. The second-order valence-electron chi connectivity index (χ2n) is 5.65. The van der Waals surface area contributed by atoms with Gasteiger partial charge < -0.3 is 9.30 Å². The molecule has 0 amide bonds. The van der Waals surface area contributed by atoms with Gasteiger partial charge in [-0.25, -0.2) is 4.39 Å². The van der Waals surface area contributed by atoms with Crippen molar-refractivity contribution in [3.63, 3.8) is 0 Å². The summed E-state index contributed by atoms with van der Waals surface area (Å²) in [5.41, 5.74) is 1.52. The summed E-state index contributed by atoms with van der Waals surface area (Å²) in [6, 6.07) is 4.88. The summed E-state index contributed by atoms with van der Waals surface area (Å²) in [4.78, 5) is 12.3. The number of aromatic nitrogens is 1. The lowest BCUT2D eigenvalue weighted by molar-refractivity contribution is 0.0940. The number of hydrogen-bond donors (Lipinski definition) is 0. The summed E-state index contributed by atoms with van der Waals surface area (Å²) in [6.45, 7) is 5.11. The van der Waals surface area contributed by atoms with Crippen LogP contribution in [-0.4, -0.2) is 23.6 Å². The highest BCUT2D eigenvalue weighted by atomic mass is 19.1. The number of carbonyl (C=O) groups excluding carboxylic acids is 1. The van der Waals surface area contributed by atoms with E-state index in [2.05, 4.69) is 4.57 Å². The third kappa shape index (κ3) is 2.14. The molecule has 106 valence electrons. The van der Waals surface area contributed by atoms with Gasteiger partial charge in [-0.3, -0.25) is 4.79 Å². The Morgan fingerprint density at radius 1 is 1.45 bits per heavy atom. The molecule has 1 fully saturated rings. The van der Waals surface area contributed by atoms with Crippen LogP contribution in [0.1, 0.15) is 36.7 Å². The van der Waals surface area contributed by atoms with Crippen LogP contribution in [0, 0.1) is 11.7 Å². The maximum absolute atomic E-state index is 13.5. The summed E-state index contributed by atoms with van der Waals surface area (Å²) in [5, 5.41) is 0.704. The predicted molar refractivity (Wildman–Crippen MR) is 75.5 cm³/mol. The molecule has 2 aromatic rings. The lowest BCUT2D eigenvalue weighted by atomic mass is 10.0. The lowest BCUT2D eigenvalue weighted by Gasteiger charge is -2.11. The van der Waals surface area contributed by atoms with E-state index >= 15 is 0 Å². The molecule has 20 heavy (non-hydrogen) atoms. The van der Waals surface area contributed by atoms with Gasteiger partial charge in [0.1, 0.15) is 5.82 Å². The van der Waals surface area contributed by atoms with Crippen molar-refractivity contribution in [2.75, 3.05) is 13.2 Å². The maximum Gasteiger partial charge on any atom is 0.167 e. The van der Waals surface area contributed by atoms with E-state index in [0.717, 1.165) is 18.5 Å². The van der Waals surface area contributed by atoms with Crippen LogP contribution >= 0.6 is 0 Å². The van der Waals surface area contributed by atoms with Crippen molar-refractivity contribution in [1.82, 2.24) is 4.57 Å². The number of benzene rings is 1. The minimum absolute atomic E-state index is 0.0539. The van der Waals surface area contributed by atoms with E-state index < -0.39 is 0 Å². The van der Waals surface area contributed by atoms with Crippen molar-refractivity contribution in [3.05, 3.63) is 35.8 Å². The summed E-state index contributed by atoms with van der Waals surface area (Å²) in [7, 11) is 0. The third-order valence-electron chi connectivity index (χ3n) is 3.88. The highest BCUT2D eigenvalue weighted by Crippen LogP contribution is 2.30. The van der Waals surface area contributed by atoms with Gasteiger partial charge in [0, 0.05) is 35.2 Å². The van der Waals surface area contributed by atoms with E-state index in [-0.39, 0.29) is 23.6 Å². The zero-order valence-electron chi connectivity index (χ0n) is 11.7. The fraction of sp³-hybridized carbons (Fsp3) is 0.438.